The summed E-state index contributed by atoms with van der Waals surface area (Å²) in [5.41, 5.74) is 0. The molecule has 0 aromatic heterocycles. The third-order valence-electron chi connectivity index (χ3n) is 2.38. The lowest BCUT2D eigenvalue weighted by Crippen LogP contribution is -2.07. The molecule has 14 heavy (non-hydrogen) atoms. The first kappa shape index (κ1) is 13.2. The van der Waals surface area contributed by atoms with Gasteiger partial charge in [-0.05, 0) is 32.1 Å². The van der Waals surface area contributed by atoms with Crippen LogP contribution in [0.1, 0.15) is 52.4 Å². The Morgan fingerprint density at radius 3 is 2.64 bits per heavy atom. The summed E-state index contributed by atoms with van der Waals surface area (Å²) < 4.78 is 0. The lowest BCUT2D eigenvalue weighted by atomic mass is 9.94. The Kier molecular flexibility index (Phi) is 8.30. The Balaban J connectivity index is 3.66. The quantitative estimate of drug-likeness (QED) is 0.477. The van der Waals surface area contributed by atoms with E-state index in [0.717, 1.165) is 32.1 Å². The minimum Gasteiger partial charge on any atom is -0.481 e. The van der Waals surface area contributed by atoms with Crippen LogP contribution in [0.15, 0.2) is 12.2 Å². The highest BCUT2D eigenvalue weighted by Crippen LogP contribution is 2.18. The Morgan fingerprint density at radius 1 is 1.43 bits per heavy atom. The lowest BCUT2D eigenvalue weighted by molar-refractivity contribution is -0.138. The van der Waals surface area contributed by atoms with E-state index in [-0.39, 0.29) is 0 Å². The predicted molar refractivity (Wildman–Crippen MR) is 59.3 cm³/mol. The second-order valence-electron chi connectivity index (χ2n) is 3.75. The van der Waals surface area contributed by atoms with Gasteiger partial charge in [0.2, 0.25) is 0 Å². The molecule has 82 valence electrons. The van der Waals surface area contributed by atoms with E-state index >= 15 is 0 Å². The van der Waals surface area contributed by atoms with E-state index in [1.165, 1.54) is 0 Å². The summed E-state index contributed by atoms with van der Waals surface area (Å²) >= 11 is 0. The molecule has 0 aliphatic carbocycles. The van der Waals surface area contributed by atoms with E-state index in [1.807, 2.05) is 13.0 Å². The van der Waals surface area contributed by atoms with Crippen LogP contribution in [0.4, 0.5) is 0 Å². The molecule has 0 saturated heterocycles. The molecule has 0 heterocycles. The van der Waals surface area contributed by atoms with Gasteiger partial charge in [0.1, 0.15) is 0 Å². The molecule has 1 unspecified atom stereocenters. The molecule has 0 aromatic rings. The molecule has 1 N–H and O–H groups in total. The van der Waals surface area contributed by atoms with Crippen LogP contribution in [0.5, 0.6) is 0 Å². The summed E-state index contributed by atoms with van der Waals surface area (Å²) in [7, 11) is 0. The summed E-state index contributed by atoms with van der Waals surface area (Å²) in [5, 5.41) is 8.70. The van der Waals surface area contributed by atoms with Gasteiger partial charge in [0.25, 0.3) is 0 Å². The molecule has 1 atom stereocenters. The largest absolute Gasteiger partial charge is 0.481 e. The monoisotopic (exact) mass is 198 g/mol. The number of allylic oxidation sites excluding steroid dienone is 2. The van der Waals surface area contributed by atoms with Gasteiger partial charge < -0.3 is 5.11 Å². The van der Waals surface area contributed by atoms with Gasteiger partial charge in [-0.2, -0.15) is 0 Å². The second kappa shape index (κ2) is 8.79. The minimum absolute atomic E-state index is 0.337. The summed E-state index contributed by atoms with van der Waals surface area (Å²) in [6, 6.07) is 0. The van der Waals surface area contributed by atoms with Crippen molar-refractivity contribution in [3.8, 4) is 0 Å². The van der Waals surface area contributed by atoms with Gasteiger partial charge in [-0.15, -0.1) is 0 Å². The fourth-order valence-electron chi connectivity index (χ4n) is 1.69. The maximum Gasteiger partial charge on any atom is 0.303 e. The third kappa shape index (κ3) is 7.84. The highest BCUT2D eigenvalue weighted by molar-refractivity contribution is 5.66. The maximum absolute atomic E-state index is 10.6. The average Bonchev–Trinajstić information content (AvgIpc) is 2.12. The van der Waals surface area contributed by atoms with Gasteiger partial charge in [0.05, 0.1) is 0 Å². The van der Waals surface area contributed by atoms with E-state index in [9.17, 15) is 4.79 Å². The third-order valence-corrected chi connectivity index (χ3v) is 2.38. The first-order chi connectivity index (χ1) is 6.70. The Hall–Kier alpha value is -0.790. The van der Waals surface area contributed by atoms with Crippen LogP contribution in [0.2, 0.25) is 0 Å². The molecule has 2 nitrogen and oxygen atoms in total. The fraction of sp³-hybridized carbons (Fsp3) is 0.750. The van der Waals surface area contributed by atoms with Crippen molar-refractivity contribution >= 4 is 5.97 Å². The van der Waals surface area contributed by atoms with Crippen molar-refractivity contribution in [3.05, 3.63) is 12.2 Å². The Morgan fingerprint density at radius 2 is 2.14 bits per heavy atom. The SMILES string of the molecule is CC=CCCCC(CCC)CC(=O)O. The van der Waals surface area contributed by atoms with Crippen molar-refractivity contribution in [2.75, 3.05) is 0 Å². The van der Waals surface area contributed by atoms with Crippen molar-refractivity contribution in [3.63, 3.8) is 0 Å². The fourth-order valence-corrected chi connectivity index (χ4v) is 1.69. The van der Waals surface area contributed by atoms with Gasteiger partial charge in [-0.3, -0.25) is 4.79 Å². The van der Waals surface area contributed by atoms with Crippen LogP contribution in [0.25, 0.3) is 0 Å². The first-order valence-electron chi connectivity index (χ1n) is 5.53. The number of carbonyl (C=O) groups is 1. The van der Waals surface area contributed by atoms with Crippen molar-refractivity contribution in [2.45, 2.75) is 52.4 Å². The van der Waals surface area contributed by atoms with Crippen LogP contribution in [-0.4, -0.2) is 11.1 Å². The van der Waals surface area contributed by atoms with Crippen LogP contribution < -0.4 is 0 Å². The number of rotatable bonds is 8. The molecular formula is C12H22O2. The topological polar surface area (TPSA) is 37.3 Å². The number of unbranched alkanes of at least 4 members (excludes halogenated alkanes) is 1. The second-order valence-corrected chi connectivity index (χ2v) is 3.75. The summed E-state index contributed by atoms with van der Waals surface area (Å²) in [4.78, 5) is 10.6. The van der Waals surface area contributed by atoms with Gasteiger partial charge in [0, 0.05) is 6.42 Å². The van der Waals surface area contributed by atoms with E-state index in [0.29, 0.717) is 12.3 Å². The van der Waals surface area contributed by atoms with Gasteiger partial charge in [-0.1, -0.05) is 31.9 Å². The molecule has 0 fully saturated rings. The minimum atomic E-state index is -0.658. The number of carboxylic acid groups (broad SMARTS) is 1. The molecule has 0 spiro atoms. The van der Waals surface area contributed by atoms with E-state index in [2.05, 4.69) is 13.0 Å². The van der Waals surface area contributed by atoms with E-state index in [1.54, 1.807) is 0 Å². The number of hydrogen-bond donors (Lipinski definition) is 1. The maximum atomic E-state index is 10.6. The lowest BCUT2D eigenvalue weighted by Gasteiger charge is -2.12. The summed E-state index contributed by atoms with van der Waals surface area (Å²) in [5.74, 6) is -0.280. The van der Waals surface area contributed by atoms with Crippen molar-refractivity contribution < 1.29 is 9.90 Å². The van der Waals surface area contributed by atoms with Gasteiger partial charge in [-0.25, -0.2) is 0 Å². The first-order valence-corrected chi connectivity index (χ1v) is 5.53. The predicted octanol–water partition coefficient (Wildman–Crippen LogP) is 3.62. The summed E-state index contributed by atoms with van der Waals surface area (Å²) in [6.07, 6.45) is 9.90. The number of hydrogen-bond acceptors (Lipinski definition) is 1. The Bertz CT molecular complexity index is 173. The smallest absolute Gasteiger partial charge is 0.303 e. The number of carboxylic acids is 1. The molecule has 0 rings (SSSR count). The molecule has 2 heteroatoms. The highest BCUT2D eigenvalue weighted by atomic mass is 16.4. The normalized spacial score (nSPS) is 13.3. The van der Waals surface area contributed by atoms with Crippen molar-refractivity contribution in [2.24, 2.45) is 5.92 Å². The van der Waals surface area contributed by atoms with E-state index in [4.69, 9.17) is 5.11 Å². The highest BCUT2D eigenvalue weighted by Gasteiger charge is 2.11. The zero-order valence-electron chi connectivity index (χ0n) is 9.33. The molecule has 0 aliphatic rings. The van der Waals surface area contributed by atoms with Crippen LogP contribution in [-0.2, 0) is 4.79 Å². The van der Waals surface area contributed by atoms with Gasteiger partial charge >= 0.3 is 5.97 Å². The van der Waals surface area contributed by atoms with Gasteiger partial charge in [0.15, 0.2) is 0 Å². The molecule has 0 aliphatic heterocycles. The number of aliphatic carboxylic acids is 1. The van der Waals surface area contributed by atoms with Crippen LogP contribution >= 0.6 is 0 Å². The zero-order valence-corrected chi connectivity index (χ0v) is 9.33. The van der Waals surface area contributed by atoms with Crippen LogP contribution in [0, 0.1) is 5.92 Å². The van der Waals surface area contributed by atoms with Crippen LogP contribution in [0.3, 0.4) is 0 Å². The van der Waals surface area contributed by atoms with E-state index < -0.39 is 5.97 Å². The molecule has 0 bridgehead atoms. The van der Waals surface area contributed by atoms with Crippen molar-refractivity contribution in [1.29, 1.82) is 0 Å². The Labute approximate surface area is 87.0 Å². The molecule has 0 aromatic carbocycles. The molecule has 0 radical (unpaired) electrons. The molecular weight excluding hydrogens is 176 g/mol. The zero-order chi connectivity index (χ0) is 10.8. The summed E-state index contributed by atoms with van der Waals surface area (Å²) in [6.45, 7) is 4.13. The average molecular weight is 198 g/mol. The van der Waals surface area contributed by atoms with Crippen molar-refractivity contribution in [1.82, 2.24) is 0 Å². The molecule has 0 saturated carbocycles. The molecule has 0 amide bonds. The standard InChI is InChI=1S/C12H22O2/c1-3-5-6-7-9-11(8-4-2)10-12(13)14/h3,5,11H,4,6-10H2,1-2H3,(H,13,14).